The molecule has 0 bridgehead atoms. The van der Waals surface area contributed by atoms with Gasteiger partial charge in [-0.3, -0.25) is 4.79 Å². The maximum atomic E-state index is 11.4. The minimum Gasteiger partial charge on any atom is -0.493 e. The average molecular weight is 277 g/mol. The topological polar surface area (TPSA) is 60.4 Å². The number of rotatable bonds is 5. The number of carbonyl (C=O) groups excluding carboxylic acids is 1. The van der Waals surface area contributed by atoms with Crippen LogP contribution >= 0.6 is 10.7 Å². The van der Waals surface area contributed by atoms with Gasteiger partial charge in [0.2, 0.25) is 0 Å². The average Bonchev–Trinajstić information content (AvgIpc) is 2.24. The van der Waals surface area contributed by atoms with Crippen molar-refractivity contribution in [2.45, 2.75) is 25.2 Å². The molecule has 0 amide bonds. The summed E-state index contributed by atoms with van der Waals surface area (Å²) in [5, 5.41) is 0. The maximum Gasteiger partial charge on any atom is 0.261 e. The summed E-state index contributed by atoms with van der Waals surface area (Å²) in [4.78, 5) is 11.3. The van der Waals surface area contributed by atoms with Crippen molar-refractivity contribution >= 4 is 25.5 Å². The lowest BCUT2D eigenvalue weighted by Gasteiger charge is -2.09. The Bertz CT molecular complexity index is 522. The van der Waals surface area contributed by atoms with E-state index in [0.29, 0.717) is 12.4 Å². The van der Waals surface area contributed by atoms with Gasteiger partial charge in [-0.05, 0) is 31.5 Å². The molecule has 1 aromatic carbocycles. The molecule has 0 aliphatic rings. The van der Waals surface area contributed by atoms with E-state index in [-0.39, 0.29) is 16.2 Å². The van der Waals surface area contributed by atoms with Crippen LogP contribution in [0.25, 0.3) is 0 Å². The van der Waals surface area contributed by atoms with Crippen molar-refractivity contribution in [3.8, 4) is 5.75 Å². The number of ketones is 1. The summed E-state index contributed by atoms with van der Waals surface area (Å²) in [6.45, 7) is 3.75. The minimum atomic E-state index is -3.83. The molecule has 1 aromatic rings. The van der Waals surface area contributed by atoms with Gasteiger partial charge < -0.3 is 4.74 Å². The molecule has 0 aliphatic carbocycles. The first-order valence-electron chi connectivity index (χ1n) is 5.08. The third-order valence-electron chi connectivity index (χ3n) is 2.07. The van der Waals surface area contributed by atoms with Crippen molar-refractivity contribution in [3.05, 3.63) is 23.8 Å². The van der Waals surface area contributed by atoms with Gasteiger partial charge in [0.25, 0.3) is 9.05 Å². The summed E-state index contributed by atoms with van der Waals surface area (Å²) in [6.07, 6.45) is 0.799. The van der Waals surface area contributed by atoms with Crippen molar-refractivity contribution in [1.82, 2.24) is 0 Å². The molecule has 0 radical (unpaired) electrons. The van der Waals surface area contributed by atoms with Crippen LogP contribution < -0.4 is 4.74 Å². The number of ether oxygens (including phenoxy) is 1. The molecule has 1 rings (SSSR count). The molecular weight excluding hydrogens is 264 g/mol. The van der Waals surface area contributed by atoms with Crippen molar-refractivity contribution in [2.75, 3.05) is 6.61 Å². The van der Waals surface area contributed by atoms with E-state index in [9.17, 15) is 13.2 Å². The summed E-state index contributed by atoms with van der Waals surface area (Å²) in [6, 6.07) is 4.00. The number of Topliss-reactive ketones (excluding diaryl/α,β-unsaturated/α-hetero) is 1. The van der Waals surface area contributed by atoms with E-state index >= 15 is 0 Å². The van der Waals surface area contributed by atoms with Gasteiger partial charge in [-0.1, -0.05) is 6.92 Å². The molecule has 0 aromatic heterocycles. The van der Waals surface area contributed by atoms with Crippen LogP contribution in [0.1, 0.15) is 30.6 Å². The highest BCUT2D eigenvalue weighted by Crippen LogP contribution is 2.25. The normalized spacial score (nSPS) is 11.2. The highest BCUT2D eigenvalue weighted by molar-refractivity contribution is 8.13. The zero-order valence-electron chi connectivity index (χ0n) is 9.57. The van der Waals surface area contributed by atoms with E-state index < -0.39 is 9.05 Å². The Morgan fingerprint density at radius 2 is 2.06 bits per heavy atom. The fourth-order valence-corrected chi connectivity index (χ4v) is 2.05. The third kappa shape index (κ3) is 3.71. The number of carbonyl (C=O) groups is 1. The van der Waals surface area contributed by atoms with Gasteiger partial charge in [0, 0.05) is 10.7 Å². The van der Waals surface area contributed by atoms with Crippen LogP contribution in [0.5, 0.6) is 5.75 Å². The lowest BCUT2D eigenvalue weighted by atomic mass is 10.1. The Kier molecular flexibility index (Phi) is 4.54. The van der Waals surface area contributed by atoms with Gasteiger partial charge in [0.1, 0.15) is 5.75 Å². The Balaban J connectivity index is 3.22. The molecule has 0 fully saturated rings. The Morgan fingerprint density at radius 1 is 1.41 bits per heavy atom. The van der Waals surface area contributed by atoms with E-state index in [0.717, 1.165) is 6.42 Å². The van der Waals surface area contributed by atoms with E-state index in [2.05, 4.69) is 0 Å². The molecule has 0 aliphatic heterocycles. The van der Waals surface area contributed by atoms with Crippen LogP contribution in [0.15, 0.2) is 23.1 Å². The number of halogens is 1. The smallest absolute Gasteiger partial charge is 0.261 e. The van der Waals surface area contributed by atoms with Crippen LogP contribution in [0.2, 0.25) is 0 Å². The molecule has 4 nitrogen and oxygen atoms in total. The monoisotopic (exact) mass is 276 g/mol. The first-order chi connectivity index (χ1) is 7.86. The maximum absolute atomic E-state index is 11.4. The van der Waals surface area contributed by atoms with Crippen LogP contribution in [-0.4, -0.2) is 20.8 Å². The molecule has 0 atom stereocenters. The lowest BCUT2D eigenvalue weighted by Crippen LogP contribution is -2.04. The molecular formula is C11H13ClO4S. The van der Waals surface area contributed by atoms with E-state index in [1.165, 1.54) is 25.1 Å². The molecule has 0 saturated heterocycles. The second-order valence-corrected chi connectivity index (χ2v) is 6.07. The number of hydrogen-bond donors (Lipinski definition) is 0. The van der Waals surface area contributed by atoms with E-state index in [1.54, 1.807) is 0 Å². The Labute approximate surface area is 105 Å². The summed E-state index contributed by atoms with van der Waals surface area (Å²) in [5.74, 6) is 0.113. The van der Waals surface area contributed by atoms with Crippen molar-refractivity contribution < 1.29 is 17.9 Å². The number of hydrogen-bond acceptors (Lipinski definition) is 4. The largest absolute Gasteiger partial charge is 0.493 e. The van der Waals surface area contributed by atoms with Crippen LogP contribution in [0.4, 0.5) is 0 Å². The van der Waals surface area contributed by atoms with E-state index in [1.807, 2.05) is 6.92 Å². The molecule has 0 spiro atoms. The zero-order valence-corrected chi connectivity index (χ0v) is 11.1. The van der Waals surface area contributed by atoms with Gasteiger partial charge in [-0.25, -0.2) is 8.42 Å². The zero-order chi connectivity index (χ0) is 13.1. The van der Waals surface area contributed by atoms with Crippen molar-refractivity contribution in [1.29, 1.82) is 0 Å². The quantitative estimate of drug-likeness (QED) is 0.613. The lowest BCUT2D eigenvalue weighted by molar-refractivity contribution is 0.101. The second kappa shape index (κ2) is 5.51. The second-order valence-electron chi connectivity index (χ2n) is 3.50. The van der Waals surface area contributed by atoms with Crippen LogP contribution in [0, 0.1) is 0 Å². The fourth-order valence-electron chi connectivity index (χ4n) is 1.27. The highest BCUT2D eigenvalue weighted by atomic mass is 35.7. The highest BCUT2D eigenvalue weighted by Gasteiger charge is 2.16. The summed E-state index contributed by atoms with van der Waals surface area (Å²) >= 11 is 0. The van der Waals surface area contributed by atoms with Crippen molar-refractivity contribution in [2.24, 2.45) is 0 Å². The summed E-state index contributed by atoms with van der Waals surface area (Å²) in [5.41, 5.74) is 0.222. The van der Waals surface area contributed by atoms with Gasteiger partial charge in [0.15, 0.2) is 5.78 Å². The third-order valence-corrected chi connectivity index (χ3v) is 3.43. The van der Waals surface area contributed by atoms with Crippen molar-refractivity contribution in [3.63, 3.8) is 0 Å². The SMILES string of the molecule is CCCOc1ccc(S(=O)(=O)Cl)cc1C(C)=O. The molecule has 0 heterocycles. The molecule has 17 heavy (non-hydrogen) atoms. The predicted molar refractivity (Wildman–Crippen MR) is 65.3 cm³/mol. The first-order valence-corrected chi connectivity index (χ1v) is 7.39. The molecule has 0 N–H and O–H groups in total. The first kappa shape index (κ1) is 14.0. The van der Waals surface area contributed by atoms with E-state index in [4.69, 9.17) is 15.4 Å². The van der Waals surface area contributed by atoms with Crippen LogP contribution in [-0.2, 0) is 9.05 Å². The van der Waals surface area contributed by atoms with Gasteiger partial charge in [-0.2, -0.15) is 0 Å². The predicted octanol–water partition coefficient (Wildman–Crippen LogP) is 2.61. The Hall–Kier alpha value is -1.07. The molecule has 94 valence electrons. The molecule has 0 saturated carbocycles. The van der Waals surface area contributed by atoms with Gasteiger partial charge in [-0.15, -0.1) is 0 Å². The summed E-state index contributed by atoms with van der Waals surface area (Å²) in [7, 11) is 1.38. The standard InChI is InChI=1S/C11H13ClO4S/c1-3-6-16-11-5-4-9(17(12,14)15)7-10(11)8(2)13/h4-5,7H,3,6H2,1-2H3. The fraction of sp³-hybridized carbons (Fsp3) is 0.364. The molecule has 0 unspecified atom stereocenters. The van der Waals surface area contributed by atoms with Crippen LogP contribution in [0.3, 0.4) is 0 Å². The summed E-state index contributed by atoms with van der Waals surface area (Å²) < 4.78 is 27.6. The molecule has 6 heteroatoms. The minimum absolute atomic E-state index is 0.104. The van der Waals surface area contributed by atoms with Gasteiger partial charge in [0.05, 0.1) is 17.1 Å². The number of benzene rings is 1. The Morgan fingerprint density at radius 3 is 2.53 bits per heavy atom. The van der Waals surface area contributed by atoms with Gasteiger partial charge >= 0.3 is 0 Å².